The molecule has 2 saturated heterocycles. The van der Waals surface area contributed by atoms with Crippen molar-refractivity contribution in [3.8, 4) is 0 Å². The van der Waals surface area contributed by atoms with E-state index >= 15 is 0 Å². The van der Waals surface area contributed by atoms with Crippen LogP contribution < -0.4 is 31.9 Å². The van der Waals surface area contributed by atoms with Crippen molar-refractivity contribution >= 4 is 49.6 Å². The van der Waals surface area contributed by atoms with E-state index in [4.69, 9.17) is 0 Å². The summed E-state index contributed by atoms with van der Waals surface area (Å²) in [6.07, 6.45) is 4.80. The van der Waals surface area contributed by atoms with Crippen LogP contribution in [0.3, 0.4) is 0 Å². The van der Waals surface area contributed by atoms with Crippen molar-refractivity contribution in [3.63, 3.8) is 0 Å². The predicted molar refractivity (Wildman–Crippen MR) is 182 cm³/mol. The molecule has 1 aromatic rings. The molecule has 1 aromatic carbocycles. The van der Waals surface area contributed by atoms with Crippen molar-refractivity contribution in [1.82, 2.24) is 41.7 Å². The van der Waals surface area contributed by atoms with E-state index in [0.717, 1.165) is 118 Å². The van der Waals surface area contributed by atoms with E-state index in [1.54, 1.807) is 0 Å². The topological polar surface area (TPSA) is 78.7 Å². The molecule has 3 rings (SSSR count). The van der Waals surface area contributed by atoms with Crippen LogP contribution in [0.25, 0.3) is 0 Å². The molecule has 0 atom stereocenters. The molecular weight excluding hydrogens is 721 g/mol. The van der Waals surface area contributed by atoms with Crippen molar-refractivity contribution in [1.29, 1.82) is 0 Å². The molecule has 0 saturated carbocycles. The molecule has 2 fully saturated rings. The zero-order chi connectivity index (χ0) is 24.9. The second-order valence-corrected chi connectivity index (χ2v) is 10.3. The Morgan fingerprint density at radius 3 is 1.00 bits per heavy atom. The molecular formula is C28H58Cl4N8Zn2+4. The third kappa shape index (κ3) is 25.5. The number of halogens is 4. The number of benzene rings is 1. The Bertz CT molecular complexity index is 588. The van der Waals surface area contributed by atoms with E-state index in [9.17, 15) is 0 Å². The Kier molecular flexibility index (Phi) is 42.0. The number of nitrogens with one attached hydrogen (secondary N) is 6. The summed E-state index contributed by atoms with van der Waals surface area (Å²) in [5.41, 5.74) is 2.86. The number of hydrogen-bond donors (Lipinski definition) is 6. The summed E-state index contributed by atoms with van der Waals surface area (Å²) in [6, 6.07) is 9.42. The van der Waals surface area contributed by atoms with Gasteiger partial charge in [-0.2, -0.15) is 0 Å². The minimum Gasteiger partial charge on any atom is -0.315 e. The Labute approximate surface area is 307 Å². The van der Waals surface area contributed by atoms with Gasteiger partial charge in [-0.05, 0) is 89.2 Å². The Hall–Kier alpha value is 1.31. The van der Waals surface area contributed by atoms with Gasteiger partial charge in [-0.3, -0.25) is 9.80 Å². The molecule has 0 spiro atoms. The Morgan fingerprint density at radius 1 is 0.381 bits per heavy atom. The maximum atomic E-state index is 3.63. The summed E-state index contributed by atoms with van der Waals surface area (Å²) in [5, 5.41) is 21.4. The third-order valence-corrected chi connectivity index (χ3v) is 7.07. The summed E-state index contributed by atoms with van der Waals surface area (Å²) in [7, 11) is 0. The first-order valence-electron chi connectivity index (χ1n) is 14.7. The quantitative estimate of drug-likeness (QED) is 0.260. The van der Waals surface area contributed by atoms with Gasteiger partial charge >= 0.3 is 39.0 Å². The standard InChI is InChI=1S/C28H54N8.4ClH.2Zn/c1-9-29-15-17-31-13-3-21-35(23-19-33-11-1)25-27-5-7-28(8-6-27)26-36-22-4-14-32-18-16-30-10-2-12-34-20-24-36;;;;;;/h5-8,29-34H,1-4,9-26H2;4*1H;;/q;;;;;2*+2. The van der Waals surface area contributed by atoms with Gasteiger partial charge in [0, 0.05) is 65.4 Å². The molecule has 0 unspecified atom stereocenters. The molecule has 2 aliphatic heterocycles. The molecule has 0 amide bonds. The van der Waals surface area contributed by atoms with Gasteiger partial charge in [0.1, 0.15) is 0 Å². The van der Waals surface area contributed by atoms with Crippen LogP contribution in [0.4, 0.5) is 0 Å². The monoisotopic (exact) mass is 774 g/mol. The van der Waals surface area contributed by atoms with E-state index in [0.29, 0.717) is 0 Å². The smallest absolute Gasteiger partial charge is 0.315 e. The first-order chi connectivity index (χ1) is 17.9. The maximum Gasteiger partial charge on any atom is 2.00 e. The second kappa shape index (κ2) is 35.2. The van der Waals surface area contributed by atoms with Crippen LogP contribution in [-0.4, -0.2) is 115 Å². The van der Waals surface area contributed by atoms with Gasteiger partial charge in [-0.15, -0.1) is 49.6 Å². The van der Waals surface area contributed by atoms with Gasteiger partial charge in [0.2, 0.25) is 0 Å². The molecule has 2 heterocycles. The summed E-state index contributed by atoms with van der Waals surface area (Å²) in [5.74, 6) is 0. The molecule has 0 aliphatic carbocycles. The van der Waals surface area contributed by atoms with Gasteiger partial charge in [0.25, 0.3) is 0 Å². The van der Waals surface area contributed by atoms with E-state index < -0.39 is 0 Å². The van der Waals surface area contributed by atoms with Crippen LogP contribution >= 0.6 is 49.6 Å². The summed E-state index contributed by atoms with van der Waals surface area (Å²) in [4.78, 5) is 5.23. The average Bonchev–Trinajstić information content (AvgIpc) is 2.89. The van der Waals surface area contributed by atoms with E-state index in [1.165, 1.54) is 36.8 Å². The van der Waals surface area contributed by atoms with Gasteiger partial charge in [-0.1, -0.05) is 24.3 Å². The number of nitrogens with zero attached hydrogens (tertiary/aromatic N) is 2. The van der Waals surface area contributed by atoms with Crippen LogP contribution in [-0.2, 0) is 52.0 Å². The fourth-order valence-electron chi connectivity index (χ4n) is 4.92. The van der Waals surface area contributed by atoms with Gasteiger partial charge in [0.05, 0.1) is 0 Å². The third-order valence-electron chi connectivity index (χ3n) is 7.07. The van der Waals surface area contributed by atoms with Crippen LogP contribution in [0.5, 0.6) is 0 Å². The first-order valence-corrected chi connectivity index (χ1v) is 14.7. The average molecular weight is 779 g/mol. The van der Waals surface area contributed by atoms with Crippen molar-refractivity contribution in [2.45, 2.75) is 38.8 Å². The summed E-state index contributed by atoms with van der Waals surface area (Å²) >= 11 is 0. The SMILES string of the molecule is Cl.Cl.Cl.Cl.[Zn+2].[Zn+2].c1cc(CN2CCCNCCNCCCNCC2)ccc1CN1CCCNCCNCCCNCC1. The predicted octanol–water partition coefficient (Wildman–Crippen LogP) is 2.10. The molecule has 8 nitrogen and oxygen atoms in total. The molecule has 0 aromatic heterocycles. The Balaban J connectivity index is -0.00000120. The molecule has 0 bridgehead atoms. The minimum atomic E-state index is 0. The first kappa shape index (κ1) is 50.2. The fourth-order valence-corrected chi connectivity index (χ4v) is 4.92. The van der Waals surface area contributed by atoms with Crippen LogP contribution in [0.1, 0.15) is 36.8 Å². The maximum absolute atomic E-state index is 3.63. The van der Waals surface area contributed by atoms with Gasteiger partial charge in [-0.25, -0.2) is 0 Å². The second-order valence-electron chi connectivity index (χ2n) is 10.3. The van der Waals surface area contributed by atoms with Crippen molar-refractivity contribution in [2.24, 2.45) is 0 Å². The van der Waals surface area contributed by atoms with Crippen LogP contribution in [0.15, 0.2) is 24.3 Å². The van der Waals surface area contributed by atoms with Crippen LogP contribution in [0, 0.1) is 0 Å². The summed E-state index contributed by atoms with van der Waals surface area (Å²) < 4.78 is 0. The van der Waals surface area contributed by atoms with E-state index in [-0.39, 0.29) is 88.6 Å². The molecule has 2 aliphatic rings. The largest absolute Gasteiger partial charge is 2.00 e. The summed E-state index contributed by atoms with van der Waals surface area (Å²) in [6.45, 7) is 19.6. The van der Waals surface area contributed by atoms with Crippen LogP contribution in [0.2, 0.25) is 0 Å². The molecule has 0 radical (unpaired) electrons. The minimum absolute atomic E-state index is 0. The van der Waals surface area contributed by atoms with E-state index in [2.05, 4.69) is 66.0 Å². The normalized spacial score (nSPS) is 19.6. The molecule has 238 valence electrons. The zero-order valence-electron chi connectivity index (χ0n) is 25.8. The van der Waals surface area contributed by atoms with E-state index in [1.807, 2.05) is 0 Å². The molecule has 6 N–H and O–H groups in total. The Morgan fingerprint density at radius 2 is 0.667 bits per heavy atom. The molecule has 42 heavy (non-hydrogen) atoms. The van der Waals surface area contributed by atoms with Crippen molar-refractivity contribution in [2.75, 3.05) is 105 Å². The van der Waals surface area contributed by atoms with Gasteiger partial charge < -0.3 is 31.9 Å². The zero-order valence-corrected chi connectivity index (χ0v) is 35.0. The van der Waals surface area contributed by atoms with Gasteiger partial charge in [0.15, 0.2) is 0 Å². The number of hydrogen-bond acceptors (Lipinski definition) is 8. The van der Waals surface area contributed by atoms with Crippen molar-refractivity contribution in [3.05, 3.63) is 35.4 Å². The molecule has 14 heteroatoms. The fraction of sp³-hybridized carbons (Fsp3) is 0.786. The van der Waals surface area contributed by atoms with Crippen molar-refractivity contribution < 1.29 is 39.0 Å². The number of rotatable bonds is 4.